The molecule has 1 aliphatic rings. The average molecular weight is 348 g/mol. The van der Waals surface area contributed by atoms with Gasteiger partial charge < -0.3 is 10.1 Å². The maximum atomic E-state index is 13.5. The third kappa shape index (κ3) is 4.52. The van der Waals surface area contributed by atoms with Crippen LogP contribution in [0.4, 0.5) is 8.78 Å². The van der Waals surface area contributed by atoms with Gasteiger partial charge in [-0.1, -0.05) is 15.9 Å². The normalized spacial score (nSPS) is 14.3. The van der Waals surface area contributed by atoms with Crippen LogP contribution in [0.1, 0.15) is 29.6 Å². The van der Waals surface area contributed by atoms with Crippen LogP contribution in [0.25, 0.3) is 0 Å². The van der Waals surface area contributed by atoms with Crippen molar-refractivity contribution >= 4 is 21.8 Å². The van der Waals surface area contributed by atoms with Crippen molar-refractivity contribution in [3.8, 4) is 0 Å². The molecule has 3 nitrogen and oxygen atoms in total. The highest BCUT2D eigenvalue weighted by atomic mass is 79.9. The molecule has 1 fully saturated rings. The molecule has 0 heterocycles. The molecule has 0 saturated heterocycles. The molecule has 0 aromatic heterocycles. The van der Waals surface area contributed by atoms with Gasteiger partial charge in [0.25, 0.3) is 5.91 Å². The zero-order chi connectivity index (χ0) is 14.5. The zero-order valence-electron chi connectivity index (χ0n) is 10.9. The Balaban J connectivity index is 1.73. The smallest absolute Gasteiger partial charge is 0.257 e. The molecule has 0 radical (unpaired) electrons. The molecule has 1 aromatic carbocycles. The lowest BCUT2D eigenvalue weighted by atomic mass is 10.2. The van der Waals surface area contributed by atoms with Gasteiger partial charge in [-0.2, -0.15) is 0 Å². The number of carbonyl (C=O) groups excluding carboxylic acids is 1. The van der Waals surface area contributed by atoms with Crippen molar-refractivity contribution in [2.45, 2.75) is 19.3 Å². The molecule has 0 aliphatic heterocycles. The van der Waals surface area contributed by atoms with Gasteiger partial charge >= 0.3 is 0 Å². The number of hydrogen-bond acceptors (Lipinski definition) is 2. The van der Waals surface area contributed by atoms with E-state index in [1.165, 1.54) is 12.8 Å². The van der Waals surface area contributed by atoms with Crippen molar-refractivity contribution in [2.24, 2.45) is 5.92 Å². The highest BCUT2D eigenvalue weighted by Gasteiger charge is 2.21. The molecule has 2 rings (SSSR count). The van der Waals surface area contributed by atoms with Gasteiger partial charge in [0, 0.05) is 24.2 Å². The molecule has 110 valence electrons. The van der Waals surface area contributed by atoms with Crippen LogP contribution in [-0.4, -0.2) is 25.7 Å². The fourth-order valence-corrected chi connectivity index (χ4v) is 2.16. The van der Waals surface area contributed by atoms with Crippen LogP contribution in [0.2, 0.25) is 0 Å². The fraction of sp³-hybridized carbons (Fsp3) is 0.500. The first-order valence-electron chi connectivity index (χ1n) is 6.58. The number of rotatable bonds is 7. The van der Waals surface area contributed by atoms with Gasteiger partial charge in [-0.3, -0.25) is 4.79 Å². The summed E-state index contributed by atoms with van der Waals surface area (Å²) in [7, 11) is 0. The Morgan fingerprint density at radius 2 is 2.00 bits per heavy atom. The lowest BCUT2D eigenvalue weighted by molar-refractivity contribution is 0.0929. The lowest BCUT2D eigenvalue weighted by Crippen LogP contribution is -2.27. The first-order chi connectivity index (χ1) is 9.58. The summed E-state index contributed by atoms with van der Waals surface area (Å²) >= 11 is 2.97. The average Bonchev–Trinajstić information content (AvgIpc) is 3.16. The van der Waals surface area contributed by atoms with Crippen LogP contribution in [0.5, 0.6) is 0 Å². The first-order valence-corrected chi connectivity index (χ1v) is 7.37. The van der Waals surface area contributed by atoms with Crippen molar-refractivity contribution in [3.05, 3.63) is 33.8 Å². The summed E-state index contributed by atoms with van der Waals surface area (Å²) < 4.78 is 32.7. The topological polar surface area (TPSA) is 38.3 Å². The molecule has 0 spiro atoms. The monoisotopic (exact) mass is 347 g/mol. The van der Waals surface area contributed by atoms with Crippen molar-refractivity contribution < 1.29 is 18.3 Å². The van der Waals surface area contributed by atoms with Gasteiger partial charge in [0.1, 0.15) is 17.2 Å². The predicted octanol–water partition coefficient (Wildman–Crippen LogP) is 3.27. The molecule has 0 unspecified atom stereocenters. The van der Waals surface area contributed by atoms with Gasteiger partial charge in [-0.15, -0.1) is 0 Å². The standard InChI is InChI=1S/C14H16BrF2NO2/c15-10-6-11(16)13(12(17)7-10)14(19)18-4-1-5-20-8-9-2-3-9/h6-7,9H,1-5,8H2,(H,18,19). The summed E-state index contributed by atoms with van der Waals surface area (Å²) in [5, 5.41) is 2.49. The fourth-order valence-electron chi connectivity index (χ4n) is 1.76. The van der Waals surface area contributed by atoms with E-state index < -0.39 is 23.1 Å². The Bertz CT molecular complexity index is 469. The molecule has 1 aromatic rings. The lowest BCUT2D eigenvalue weighted by Gasteiger charge is -2.08. The predicted molar refractivity (Wildman–Crippen MR) is 74.6 cm³/mol. The minimum absolute atomic E-state index is 0.262. The molecule has 6 heteroatoms. The van der Waals surface area contributed by atoms with Gasteiger partial charge in [-0.05, 0) is 37.3 Å². The van der Waals surface area contributed by atoms with E-state index in [2.05, 4.69) is 21.2 Å². The maximum Gasteiger partial charge on any atom is 0.257 e. The number of ether oxygens (including phenoxy) is 1. The Morgan fingerprint density at radius 1 is 1.35 bits per heavy atom. The molecule has 0 bridgehead atoms. The van der Waals surface area contributed by atoms with Crippen LogP contribution in [-0.2, 0) is 4.74 Å². The summed E-state index contributed by atoms with van der Waals surface area (Å²) in [6, 6.07) is 2.13. The minimum Gasteiger partial charge on any atom is -0.381 e. The summed E-state index contributed by atoms with van der Waals surface area (Å²) in [5.41, 5.74) is -0.549. The number of nitrogens with one attached hydrogen (secondary N) is 1. The van der Waals surface area contributed by atoms with Crippen LogP contribution >= 0.6 is 15.9 Å². The van der Waals surface area contributed by atoms with Gasteiger partial charge in [-0.25, -0.2) is 8.78 Å². The molecule has 1 N–H and O–H groups in total. The van der Waals surface area contributed by atoms with E-state index in [1.807, 2.05) is 0 Å². The van der Waals surface area contributed by atoms with E-state index in [9.17, 15) is 13.6 Å². The molecular weight excluding hydrogens is 332 g/mol. The minimum atomic E-state index is -0.876. The van der Waals surface area contributed by atoms with Crippen LogP contribution in [0.3, 0.4) is 0 Å². The van der Waals surface area contributed by atoms with Crippen molar-refractivity contribution in [1.82, 2.24) is 5.32 Å². The number of hydrogen-bond donors (Lipinski definition) is 1. The first kappa shape index (κ1) is 15.4. The second kappa shape index (κ2) is 7.13. The van der Waals surface area contributed by atoms with Gasteiger partial charge in [0.15, 0.2) is 0 Å². The molecule has 1 amide bonds. The molecule has 20 heavy (non-hydrogen) atoms. The molecular formula is C14H16BrF2NO2. The molecule has 1 saturated carbocycles. The van der Waals surface area contributed by atoms with Crippen molar-refractivity contribution in [2.75, 3.05) is 19.8 Å². The third-order valence-electron chi connectivity index (χ3n) is 3.04. The van der Waals surface area contributed by atoms with Crippen LogP contribution < -0.4 is 5.32 Å². The largest absolute Gasteiger partial charge is 0.381 e. The second-order valence-corrected chi connectivity index (χ2v) is 5.79. The van der Waals surface area contributed by atoms with Gasteiger partial charge in [0.2, 0.25) is 0 Å². The Hall–Kier alpha value is -1.01. The van der Waals surface area contributed by atoms with E-state index in [0.717, 1.165) is 18.7 Å². The second-order valence-electron chi connectivity index (χ2n) is 4.87. The number of amides is 1. The van der Waals surface area contributed by atoms with Gasteiger partial charge in [0.05, 0.1) is 0 Å². The quantitative estimate of drug-likeness (QED) is 0.768. The highest BCUT2D eigenvalue weighted by Crippen LogP contribution is 2.28. The van der Waals surface area contributed by atoms with Crippen molar-refractivity contribution in [1.29, 1.82) is 0 Å². The Kier molecular flexibility index (Phi) is 5.48. The Labute approximate surface area is 124 Å². The van der Waals surface area contributed by atoms with Crippen molar-refractivity contribution in [3.63, 3.8) is 0 Å². The summed E-state index contributed by atoms with van der Waals surface area (Å²) in [6.45, 7) is 1.64. The van der Waals surface area contributed by atoms with E-state index in [-0.39, 0.29) is 4.47 Å². The third-order valence-corrected chi connectivity index (χ3v) is 3.49. The SMILES string of the molecule is O=C(NCCCOCC1CC1)c1c(F)cc(Br)cc1F. The van der Waals surface area contributed by atoms with E-state index in [4.69, 9.17) is 4.74 Å². The summed E-state index contributed by atoms with van der Waals surface area (Å²) in [5.74, 6) is -1.79. The summed E-state index contributed by atoms with van der Waals surface area (Å²) in [4.78, 5) is 11.7. The molecule has 1 aliphatic carbocycles. The van der Waals surface area contributed by atoms with Crippen LogP contribution in [0, 0.1) is 17.6 Å². The van der Waals surface area contributed by atoms with E-state index in [0.29, 0.717) is 25.5 Å². The van der Waals surface area contributed by atoms with E-state index in [1.54, 1.807) is 0 Å². The van der Waals surface area contributed by atoms with Crippen LogP contribution in [0.15, 0.2) is 16.6 Å². The zero-order valence-corrected chi connectivity index (χ0v) is 12.5. The number of carbonyl (C=O) groups is 1. The maximum absolute atomic E-state index is 13.5. The Morgan fingerprint density at radius 3 is 2.60 bits per heavy atom. The van der Waals surface area contributed by atoms with E-state index >= 15 is 0 Å². The molecule has 0 atom stereocenters. The number of benzene rings is 1. The highest BCUT2D eigenvalue weighted by molar-refractivity contribution is 9.10. The summed E-state index contributed by atoms with van der Waals surface area (Å²) in [6.07, 6.45) is 3.09. The number of halogens is 3.